The quantitative estimate of drug-likeness (QED) is 0.776. The molecule has 0 spiro atoms. The first kappa shape index (κ1) is 12.2. The molecule has 18 heavy (non-hydrogen) atoms. The van der Waals surface area contributed by atoms with Gasteiger partial charge in [-0.05, 0) is 44.6 Å². The van der Waals surface area contributed by atoms with Gasteiger partial charge in [-0.1, -0.05) is 18.6 Å². The first-order chi connectivity index (χ1) is 8.83. The summed E-state index contributed by atoms with van der Waals surface area (Å²) in [6.07, 6.45) is 12.5. The Morgan fingerprint density at radius 3 is 3.00 bits per heavy atom. The first-order valence-corrected chi connectivity index (χ1v) is 7.53. The Kier molecular flexibility index (Phi) is 3.69. The van der Waals surface area contributed by atoms with Crippen molar-refractivity contribution in [1.29, 1.82) is 0 Å². The molecule has 2 heterocycles. The molecule has 3 heteroatoms. The molecule has 0 saturated carbocycles. The number of amides is 1. The number of fused-ring (bicyclic) bond motifs is 1. The topological polar surface area (TPSA) is 32.3 Å². The third-order valence-corrected chi connectivity index (χ3v) is 4.76. The van der Waals surface area contributed by atoms with Crippen molar-refractivity contribution < 1.29 is 4.79 Å². The molecule has 3 nitrogen and oxygen atoms in total. The first-order valence-electron chi connectivity index (χ1n) is 7.53. The monoisotopic (exact) mass is 248 g/mol. The highest BCUT2D eigenvalue weighted by atomic mass is 16.1. The van der Waals surface area contributed by atoms with Gasteiger partial charge in [0.15, 0.2) is 0 Å². The van der Waals surface area contributed by atoms with Crippen LogP contribution in [0.1, 0.15) is 44.9 Å². The number of rotatable bonds is 3. The highest BCUT2D eigenvalue weighted by Gasteiger charge is 2.36. The fraction of sp³-hybridized carbons (Fsp3) is 0.800. The van der Waals surface area contributed by atoms with E-state index in [-0.39, 0.29) is 5.91 Å². The molecule has 1 aliphatic carbocycles. The van der Waals surface area contributed by atoms with E-state index < -0.39 is 0 Å². The predicted octanol–water partition coefficient (Wildman–Crippen LogP) is 2.09. The molecular weight excluding hydrogens is 224 g/mol. The molecule has 3 rings (SSSR count). The van der Waals surface area contributed by atoms with Gasteiger partial charge in [0.2, 0.25) is 5.91 Å². The van der Waals surface area contributed by atoms with Crippen LogP contribution in [0.25, 0.3) is 0 Å². The molecule has 0 aromatic carbocycles. The highest BCUT2D eigenvalue weighted by Crippen LogP contribution is 2.27. The SMILES string of the molecule is O=C(C[C@@H]1C=CCC1)N[C@H]1CCN2CCCC[C@@H]12. The minimum Gasteiger partial charge on any atom is -0.352 e. The van der Waals surface area contributed by atoms with Crippen molar-refractivity contribution in [1.82, 2.24) is 10.2 Å². The average Bonchev–Trinajstić information content (AvgIpc) is 3.00. The number of piperidine rings is 1. The van der Waals surface area contributed by atoms with Crippen LogP contribution in [0.15, 0.2) is 12.2 Å². The molecular formula is C15H24N2O. The second kappa shape index (κ2) is 5.43. The van der Waals surface area contributed by atoms with Gasteiger partial charge in [-0.25, -0.2) is 0 Å². The number of hydrogen-bond acceptors (Lipinski definition) is 2. The molecule has 100 valence electrons. The molecule has 3 atom stereocenters. The zero-order chi connectivity index (χ0) is 12.4. The van der Waals surface area contributed by atoms with Crippen LogP contribution in [0.3, 0.4) is 0 Å². The third kappa shape index (κ3) is 2.61. The number of nitrogens with zero attached hydrogens (tertiary/aromatic N) is 1. The summed E-state index contributed by atoms with van der Waals surface area (Å²) in [6, 6.07) is 1.05. The van der Waals surface area contributed by atoms with Crippen LogP contribution < -0.4 is 5.32 Å². The van der Waals surface area contributed by atoms with Crippen LogP contribution in [0.5, 0.6) is 0 Å². The van der Waals surface area contributed by atoms with E-state index >= 15 is 0 Å². The van der Waals surface area contributed by atoms with Crippen molar-refractivity contribution in [2.45, 2.75) is 57.0 Å². The number of nitrogens with one attached hydrogen (secondary N) is 1. The lowest BCUT2D eigenvalue weighted by molar-refractivity contribution is -0.122. The Bertz CT molecular complexity index is 339. The summed E-state index contributed by atoms with van der Waals surface area (Å²) in [5.41, 5.74) is 0. The molecule has 0 bridgehead atoms. The molecule has 1 N–H and O–H groups in total. The Labute approximate surface area is 110 Å². The van der Waals surface area contributed by atoms with E-state index in [9.17, 15) is 4.79 Å². The zero-order valence-corrected chi connectivity index (χ0v) is 11.1. The molecule has 0 radical (unpaired) electrons. The second-order valence-corrected chi connectivity index (χ2v) is 6.03. The van der Waals surface area contributed by atoms with E-state index in [1.54, 1.807) is 0 Å². The van der Waals surface area contributed by atoms with E-state index in [1.807, 2.05) is 0 Å². The lowest BCUT2D eigenvalue weighted by Gasteiger charge is -2.32. The Hall–Kier alpha value is -0.830. The molecule has 3 aliphatic rings. The van der Waals surface area contributed by atoms with E-state index in [4.69, 9.17) is 0 Å². The van der Waals surface area contributed by atoms with Crippen LogP contribution in [0.4, 0.5) is 0 Å². The van der Waals surface area contributed by atoms with E-state index in [2.05, 4.69) is 22.4 Å². The molecule has 0 unspecified atom stereocenters. The van der Waals surface area contributed by atoms with Crippen LogP contribution in [0.2, 0.25) is 0 Å². The van der Waals surface area contributed by atoms with Crippen LogP contribution in [-0.2, 0) is 4.79 Å². The fourth-order valence-corrected chi connectivity index (χ4v) is 3.78. The molecule has 2 fully saturated rings. The Balaban J connectivity index is 1.49. The van der Waals surface area contributed by atoms with E-state index in [0.29, 0.717) is 24.4 Å². The predicted molar refractivity (Wildman–Crippen MR) is 72.2 cm³/mol. The van der Waals surface area contributed by atoms with Crippen molar-refractivity contribution in [2.24, 2.45) is 5.92 Å². The van der Waals surface area contributed by atoms with Gasteiger partial charge in [0.25, 0.3) is 0 Å². The smallest absolute Gasteiger partial charge is 0.220 e. The maximum atomic E-state index is 12.1. The van der Waals surface area contributed by atoms with Crippen LogP contribution in [-0.4, -0.2) is 36.0 Å². The highest BCUT2D eigenvalue weighted by molar-refractivity contribution is 5.77. The van der Waals surface area contributed by atoms with Crippen LogP contribution in [0, 0.1) is 5.92 Å². The van der Waals surface area contributed by atoms with E-state index in [0.717, 1.165) is 19.3 Å². The van der Waals surface area contributed by atoms with Crippen molar-refractivity contribution >= 4 is 5.91 Å². The van der Waals surface area contributed by atoms with Crippen molar-refractivity contribution in [3.05, 3.63) is 12.2 Å². The largest absolute Gasteiger partial charge is 0.352 e. The van der Waals surface area contributed by atoms with Crippen molar-refractivity contribution in [2.75, 3.05) is 13.1 Å². The summed E-state index contributed by atoms with van der Waals surface area (Å²) < 4.78 is 0. The lowest BCUT2D eigenvalue weighted by atomic mass is 9.98. The average molecular weight is 248 g/mol. The van der Waals surface area contributed by atoms with Gasteiger partial charge in [0.1, 0.15) is 0 Å². The summed E-state index contributed by atoms with van der Waals surface area (Å²) in [4.78, 5) is 14.6. The van der Waals surface area contributed by atoms with Crippen LogP contribution >= 0.6 is 0 Å². The van der Waals surface area contributed by atoms with Gasteiger partial charge in [0, 0.05) is 25.0 Å². The van der Waals surface area contributed by atoms with Gasteiger partial charge < -0.3 is 5.32 Å². The zero-order valence-electron chi connectivity index (χ0n) is 11.1. The summed E-state index contributed by atoms with van der Waals surface area (Å²) in [5, 5.41) is 3.29. The summed E-state index contributed by atoms with van der Waals surface area (Å²) in [5.74, 6) is 0.762. The normalized spacial score (nSPS) is 35.7. The number of allylic oxidation sites excluding steroid dienone is 2. The van der Waals surface area contributed by atoms with Gasteiger partial charge in [-0.2, -0.15) is 0 Å². The maximum absolute atomic E-state index is 12.1. The summed E-state index contributed by atoms with van der Waals surface area (Å²) in [7, 11) is 0. The third-order valence-electron chi connectivity index (χ3n) is 4.76. The van der Waals surface area contributed by atoms with Gasteiger partial charge in [-0.15, -0.1) is 0 Å². The molecule has 1 amide bonds. The summed E-state index contributed by atoms with van der Waals surface area (Å²) >= 11 is 0. The molecule has 0 aromatic rings. The molecule has 0 aromatic heterocycles. The summed E-state index contributed by atoms with van der Waals surface area (Å²) in [6.45, 7) is 2.42. The lowest BCUT2D eigenvalue weighted by Crippen LogP contribution is -2.47. The van der Waals surface area contributed by atoms with Gasteiger partial charge in [0.05, 0.1) is 0 Å². The van der Waals surface area contributed by atoms with Gasteiger partial charge in [-0.3, -0.25) is 9.69 Å². The van der Waals surface area contributed by atoms with Crippen molar-refractivity contribution in [3.63, 3.8) is 0 Å². The maximum Gasteiger partial charge on any atom is 0.220 e. The number of carbonyl (C=O) groups is 1. The minimum absolute atomic E-state index is 0.268. The fourth-order valence-electron chi connectivity index (χ4n) is 3.78. The Morgan fingerprint density at radius 1 is 1.22 bits per heavy atom. The second-order valence-electron chi connectivity index (χ2n) is 6.03. The molecule has 2 aliphatic heterocycles. The molecule has 2 saturated heterocycles. The standard InChI is InChI=1S/C15H24N2O/c18-15(11-12-5-1-2-6-12)16-13-8-10-17-9-4-3-7-14(13)17/h1,5,12-14H,2-4,6-11H2,(H,16,18)/t12-,13+,14+/m1/s1. The van der Waals surface area contributed by atoms with E-state index in [1.165, 1.54) is 32.4 Å². The minimum atomic E-state index is 0.268. The number of carbonyl (C=O) groups excluding carboxylic acids is 1. The van der Waals surface area contributed by atoms with Gasteiger partial charge >= 0.3 is 0 Å². The Morgan fingerprint density at radius 2 is 2.17 bits per heavy atom. The number of hydrogen-bond donors (Lipinski definition) is 1. The van der Waals surface area contributed by atoms with Crippen molar-refractivity contribution in [3.8, 4) is 0 Å².